The van der Waals surface area contributed by atoms with Crippen LogP contribution in [0.4, 0.5) is 0 Å². The summed E-state index contributed by atoms with van der Waals surface area (Å²) in [5, 5.41) is 0.693. The van der Waals surface area contributed by atoms with Crippen molar-refractivity contribution in [3.63, 3.8) is 0 Å². The molecule has 1 heterocycles. The molecule has 2 nitrogen and oxygen atoms in total. The SMILES string of the molecule is Cc1cccc2c1nc(CCCl)n2-c1ccc(Cl)c(Br)c1. The van der Waals surface area contributed by atoms with E-state index in [1.165, 1.54) is 0 Å². The molecule has 2 aromatic carbocycles. The van der Waals surface area contributed by atoms with E-state index in [2.05, 4.69) is 39.6 Å². The van der Waals surface area contributed by atoms with Crippen LogP contribution in [-0.2, 0) is 6.42 Å². The summed E-state index contributed by atoms with van der Waals surface area (Å²) in [5.41, 5.74) is 4.29. The summed E-state index contributed by atoms with van der Waals surface area (Å²) in [6, 6.07) is 12.1. The Balaban J connectivity index is 2.30. The molecule has 1 aromatic heterocycles. The number of imidazole rings is 1. The van der Waals surface area contributed by atoms with Crippen molar-refractivity contribution in [1.29, 1.82) is 0 Å². The first-order valence-electron chi connectivity index (χ1n) is 6.60. The van der Waals surface area contributed by atoms with E-state index in [0.717, 1.165) is 39.0 Å². The van der Waals surface area contributed by atoms with Crippen molar-refractivity contribution in [2.24, 2.45) is 0 Å². The maximum atomic E-state index is 6.09. The number of aryl methyl sites for hydroxylation is 2. The Morgan fingerprint density at radius 2 is 2.05 bits per heavy atom. The van der Waals surface area contributed by atoms with Gasteiger partial charge in [-0.05, 0) is 52.7 Å². The van der Waals surface area contributed by atoms with Crippen LogP contribution in [0.25, 0.3) is 16.7 Å². The predicted octanol–water partition coefficient (Wildman–Crippen LogP) is 5.53. The van der Waals surface area contributed by atoms with Crippen molar-refractivity contribution in [2.75, 3.05) is 5.88 Å². The highest BCUT2D eigenvalue weighted by Gasteiger charge is 2.14. The maximum absolute atomic E-state index is 6.09. The van der Waals surface area contributed by atoms with E-state index in [0.29, 0.717) is 10.9 Å². The summed E-state index contributed by atoms with van der Waals surface area (Å²) in [7, 11) is 0. The van der Waals surface area contributed by atoms with Crippen molar-refractivity contribution < 1.29 is 0 Å². The van der Waals surface area contributed by atoms with Crippen molar-refractivity contribution in [1.82, 2.24) is 9.55 Å². The van der Waals surface area contributed by atoms with E-state index in [1.54, 1.807) is 0 Å². The summed E-state index contributed by atoms with van der Waals surface area (Å²) in [4.78, 5) is 4.76. The van der Waals surface area contributed by atoms with Gasteiger partial charge in [-0.1, -0.05) is 23.7 Å². The summed E-state index contributed by atoms with van der Waals surface area (Å²) >= 11 is 15.5. The van der Waals surface area contributed by atoms with Gasteiger partial charge >= 0.3 is 0 Å². The van der Waals surface area contributed by atoms with Gasteiger partial charge < -0.3 is 0 Å². The minimum atomic E-state index is 0.539. The monoisotopic (exact) mass is 382 g/mol. The fraction of sp³-hybridized carbons (Fsp3) is 0.188. The normalized spacial score (nSPS) is 11.2. The number of hydrogen-bond acceptors (Lipinski definition) is 1. The predicted molar refractivity (Wildman–Crippen MR) is 92.9 cm³/mol. The number of halogens is 3. The third-order valence-corrected chi connectivity index (χ3v) is 4.84. The second kappa shape index (κ2) is 5.99. The number of fused-ring (bicyclic) bond motifs is 1. The van der Waals surface area contributed by atoms with E-state index in [1.807, 2.05) is 24.3 Å². The third kappa shape index (κ3) is 2.70. The van der Waals surface area contributed by atoms with Crippen LogP contribution < -0.4 is 0 Å². The lowest BCUT2D eigenvalue weighted by atomic mass is 10.2. The summed E-state index contributed by atoms with van der Waals surface area (Å²) in [6.45, 7) is 2.07. The Kier molecular flexibility index (Phi) is 4.25. The molecule has 0 unspecified atom stereocenters. The lowest BCUT2D eigenvalue weighted by molar-refractivity contribution is 0.912. The first kappa shape index (κ1) is 14.9. The highest BCUT2D eigenvalue weighted by molar-refractivity contribution is 9.10. The highest BCUT2D eigenvalue weighted by Crippen LogP contribution is 2.29. The van der Waals surface area contributed by atoms with Gasteiger partial charge in [0.15, 0.2) is 0 Å². The van der Waals surface area contributed by atoms with Crippen LogP contribution in [0.1, 0.15) is 11.4 Å². The Morgan fingerprint density at radius 3 is 2.76 bits per heavy atom. The van der Waals surface area contributed by atoms with E-state index in [9.17, 15) is 0 Å². The van der Waals surface area contributed by atoms with Gasteiger partial charge in [-0.25, -0.2) is 4.98 Å². The summed E-state index contributed by atoms with van der Waals surface area (Å²) in [6.07, 6.45) is 0.718. The van der Waals surface area contributed by atoms with Crippen molar-refractivity contribution >= 4 is 50.2 Å². The molecule has 3 rings (SSSR count). The first-order chi connectivity index (χ1) is 10.1. The standard InChI is InChI=1S/C16H13BrCl2N2/c1-10-3-2-4-14-16(10)20-15(7-8-18)21(14)11-5-6-13(19)12(17)9-11/h2-6,9H,7-8H2,1H3. The average molecular weight is 384 g/mol. The smallest absolute Gasteiger partial charge is 0.115 e. The number of alkyl halides is 1. The van der Waals surface area contributed by atoms with E-state index in [4.69, 9.17) is 28.2 Å². The number of para-hydroxylation sites is 1. The molecule has 0 aliphatic rings. The molecule has 0 aliphatic heterocycles. The van der Waals surface area contributed by atoms with E-state index < -0.39 is 0 Å². The topological polar surface area (TPSA) is 17.8 Å². The Labute approximate surface area is 141 Å². The van der Waals surface area contributed by atoms with Crippen LogP contribution in [-0.4, -0.2) is 15.4 Å². The molecule has 0 saturated carbocycles. The quantitative estimate of drug-likeness (QED) is 0.543. The van der Waals surface area contributed by atoms with Crippen LogP contribution in [0, 0.1) is 6.92 Å². The lowest BCUT2D eigenvalue weighted by Crippen LogP contribution is -2.02. The van der Waals surface area contributed by atoms with Crippen LogP contribution in [0.3, 0.4) is 0 Å². The molecule has 5 heteroatoms. The fourth-order valence-corrected chi connectivity index (χ4v) is 3.11. The molecule has 0 atom stereocenters. The van der Waals surface area contributed by atoms with Crippen molar-refractivity contribution in [3.05, 3.63) is 57.3 Å². The summed E-state index contributed by atoms with van der Waals surface area (Å²) < 4.78 is 3.01. The van der Waals surface area contributed by atoms with Gasteiger partial charge in [-0.15, -0.1) is 11.6 Å². The fourth-order valence-electron chi connectivity index (χ4n) is 2.45. The van der Waals surface area contributed by atoms with Gasteiger partial charge in [0, 0.05) is 22.5 Å². The molecule has 108 valence electrons. The van der Waals surface area contributed by atoms with Crippen molar-refractivity contribution in [3.8, 4) is 5.69 Å². The molecule has 0 bridgehead atoms. The second-order valence-electron chi connectivity index (χ2n) is 4.84. The Morgan fingerprint density at radius 1 is 1.24 bits per heavy atom. The number of hydrogen-bond donors (Lipinski definition) is 0. The highest BCUT2D eigenvalue weighted by atomic mass is 79.9. The van der Waals surface area contributed by atoms with Gasteiger partial charge in [-0.3, -0.25) is 4.57 Å². The van der Waals surface area contributed by atoms with E-state index >= 15 is 0 Å². The largest absolute Gasteiger partial charge is 0.296 e. The van der Waals surface area contributed by atoms with Crippen LogP contribution in [0.5, 0.6) is 0 Å². The molecule has 0 amide bonds. The number of nitrogens with zero attached hydrogens (tertiary/aromatic N) is 2. The average Bonchev–Trinajstić information content (AvgIpc) is 2.82. The zero-order valence-electron chi connectivity index (χ0n) is 11.4. The molecular weight excluding hydrogens is 371 g/mol. The van der Waals surface area contributed by atoms with Gasteiger partial charge in [0.1, 0.15) is 5.82 Å². The van der Waals surface area contributed by atoms with Crippen molar-refractivity contribution in [2.45, 2.75) is 13.3 Å². The molecule has 21 heavy (non-hydrogen) atoms. The van der Waals surface area contributed by atoms with Gasteiger partial charge in [-0.2, -0.15) is 0 Å². The molecule has 0 saturated heterocycles. The zero-order valence-corrected chi connectivity index (χ0v) is 14.5. The second-order valence-corrected chi connectivity index (χ2v) is 6.48. The third-order valence-electron chi connectivity index (χ3n) is 3.44. The number of rotatable bonds is 3. The summed E-state index contributed by atoms with van der Waals surface area (Å²) in [5.74, 6) is 1.50. The Hall–Kier alpha value is -1.03. The number of benzene rings is 2. The molecule has 3 aromatic rings. The van der Waals surface area contributed by atoms with Gasteiger partial charge in [0.25, 0.3) is 0 Å². The molecule has 0 aliphatic carbocycles. The van der Waals surface area contributed by atoms with Gasteiger partial charge in [0.05, 0.1) is 16.1 Å². The van der Waals surface area contributed by atoms with Crippen LogP contribution in [0.2, 0.25) is 5.02 Å². The van der Waals surface area contributed by atoms with Crippen LogP contribution in [0.15, 0.2) is 40.9 Å². The van der Waals surface area contributed by atoms with Crippen LogP contribution >= 0.6 is 39.1 Å². The molecule has 0 N–H and O–H groups in total. The Bertz CT molecular complexity index is 811. The molecule has 0 fully saturated rings. The van der Waals surface area contributed by atoms with E-state index in [-0.39, 0.29) is 0 Å². The maximum Gasteiger partial charge on any atom is 0.115 e. The minimum Gasteiger partial charge on any atom is -0.296 e. The molecule has 0 radical (unpaired) electrons. The number of aromatic nitrogens is 2. The molecule has 0 spiro atoms. The zero-order chi connectivity index (χ0) is 15.0. The minimum absolute atomic E-state index is 0.539. The first-order valence-corrected chi connectivity index (χ1v) is 8.30. The molecular formula is C16H13BrCl2N2. The lowest BCUT2D eigenvalue weighted by Gasteiger charge is -2.10. The van der Waals surface area contributed by atoms with Gasteiger partial charge in [0.2, 0.25) is 0 Å².